The number of imidazole rings is 2. The van der Waals surface area contributed by atoms with E-state index in [2.05, 4.69) is 27.5 Å². The SMILES string of the molecule is COCC(C)n1ccnc1-c1ccc(-c2nc3ccccc3n2C)o1. The maximum absolute atomic E-state index is 6.09. The van der Waals surface area contributed by atoms with E-state index in [0.717, 1.165) is 34.2 Å². The maximum atomic E-state index is 6.09. The Bertz CT molecular complexity index is 1010. The Morgan fingerprint density at radius 3 is 2.64 bits per heavy atom. The van der Waals surface area contributed by atoms with Crippen molar-refractivity contribution in [1.29, 1.82) is 0 Å². The number of aryl methyl sites for hydroxylation is 1. The summed E-state index contributed by atoms with van der Waals surface area (Å²) in [4.78, 5) is 9.13. The highest BCUT2D eigenvalue weighted by Crippen LogP contribution is 2.30. The monoisotopic (exact) mass is 336 g/mol. The van der Waals surface area contributed by atoms with Crippen molar-refractivity contribution < 1.29 is 9.15 Å². The van der Waals surface area contributed by atoms with Gasteiger partial charge in [0.2, 0.25) is 0 Å². The number of hydrogen-bond donors (Lipinski definition) is 0. The van der Waals surface area contributed by atoms with E-state index < -0.39 is 0 Å². The van der Waals surface area contributed by atoms with Crippen LogP contribution in [0.15, 0.2) is 53.2 Å². The fraction of sp³-hybridized carbons (Fsp3) is 0.263. The summed E-state index contributed by atoms with van der Waals surface area (Å²) in [5.41, 5.74) is 2.03. The van der Waals surface area contributed by atoms with Crippen LogP contribution >= 0.6 is 0 Å². The molecule has 6 heteroatoms. The first-order chi connectivity index (χ1) is 12.2. The molecule has 0 aliphatic carbocycles. The van der Waals surface area contributed by atoms with Gasteiger partial charge < -0.3 is 18.3 Å². The van der Waals surface area contributed by atoms with Crippen molar-refractivity contribution in [3.05, 3.63) is 48.8 Å². The number of benzene rings is 1. The number of rotatable bonds is 5. The van der Waals surface area contributed by atoms with E-state index in [1.165, 1.54) is 0 Å². The number of fused-ring (bicyclic) bond motifs is 1. The highest BCUT2D eigenvalue weighted by Gasteiger charge is 2.18. The molecule has 1 aromatic carbocycles. The lowest BCUT2D eigenvalue weighted by atomic mass is 10.3. The molecule has 6 nitrogen and oxygen atoms in total. The minimum Gasteiger partial charge on any atom is -0.450 e. The first kappa shape index (κ1) is 15.7. The smallest absolute Gasteiger partial charge is 0.177 e. The lowest BCUT2D eigenvalue weighted by Gasteiger charge is -2.14. The van der Waals surface area contributed by atoms with Crippen molar-refractivity contribution in [2.45, 2.75) is 13.0 Å². The van der Waals surface area contributed by atoms with Crippen molar-refractivity contribution >= 4 is 11.0 Å². The first-order valence-electron chi connectivity index (χ1n) is 8.23. The molecule has 25 heavy (non-hydrogen) atoms. The quantitative estimate of drug-likeness (QED) is 0.554. The number of furan rings is 1. The Morgan fingerprint density at radius 2 is 1.88 bits per heavy atom. The van der Waals surface area contributed by atoms with E-state index in [9.17, 15) is 0 Å². The number of ether oxygens (including phenoxy) is 1. The summed E-state index contributed by atoms with van der Waals surface area (Å²) in [7, 11) is 3.69. The van der Waals surface area contributed by atoms with E-state index in [0.29, 0.717) is 6.61 Å². The molecule has 0 spiro atoms. The van der Waals surface area contributed by atoms with Crippen LogP contribution in [-0.4, -0.2) is 32.8 Å². The van der Waals surface area contributed by atoms with Crippen molar-refractivity contribution in [2.24, 2.45) is 7.05 Å². The Kier molecular flexibility index (Phi) is 3.89. The van der Waals surface area contributed by atoms with Gasteiger partial charge in [-0.25, -0.2) is 9.97 Å². The molecule has 4 aromatic rings. The third-order valence-electron chi connectivity index (χ3n) is 4.39. The largest absolute Gasteiger partial charge is 0.450 e. The number of aromatic nitrogens is 4. The summed E-state index contributed by atoms with van der Waals surface area (Å²) in [5.74, 6) is 3.03. The van der Waals surface area contributed by atoms with Gasteiger partial charge in [0, 0.05) is 26.6 Å². The highest BCUT2D eigenvalue weighted by atomic mass is 16.5. The molecule has 4 rings (SSSR count). The number of methoxy groups -OCH3 is 1. The van der Waals surface area contributed by atoms with Crippen LogP contribution in [0.4, 0.5) is 0 Å². The molecule has 0 saturated carbocycles. The van der Waals surface area contributed by atoms with Crippen LogP contribution in [-0.2, 0) is 11.8 Å². The van der Waals surface area contributed by atoms with E-state index in [4.69, 9.17) is 9.15 Å². The molecule has 1 unspecified atom stereocenters. The molecular weight excluding hydrogens is 316 g/mol. The van der Waals surface area contributed by atoms with Crippen LogP contribution < -0.4 is 0 Å². The lowest BCUT2D eigenvalue weighted by Crippen LogP contribution is -2.11. The molecule has 0 fully saturated rings. The van der Waals surface area contributed by atoms with Crippen LogP contribution in [0.25, 0.3) is 34.2 Å². The van der Waals surface area contributed by atoms with Crippen LogP contribution in [0.1, 0.15) is 13.0 Å². The molecule has 0 aliphatic heterocycles. The van der Waals surface area contributed by atoms with E-state index in [1.807, 2.05) is 48.1 Å². The third kappa shape index (κ3) is 2.64. The average Bonchev–Trinajstić information content (AvgIpc) is 3.33. The molecule has 3 aromatic heterocycles. The third-order valence-corrected chi connectivity index (χ3v) is 4.39. The average molecular weight is 336 g/mol. The zero-order valence-electron chi connectivity index (χ0n) is 14.5. The predicted molar refractivity (Wildman–Crippen MR) is 96.2 cm³/mol. The van der Waals surface area contributed by atoms with Gasteiger partial charge in [0.1, 0.15) is 0 Å². The van der Waals surface area contributed by atoms with Gasteiger partial charge in [-0.2, -0.15) is 0 Å². The minimum atomic E-state index is 0.173. The zero-order chi connectivity index (χ0) is 17.4. The van der Waals surface area contributed by atoms with E-state index in [1.54, 1.807) is 13.3 Å². The fourth-order valence-electron chi connectivity index (χ4n) is 3.13. The summed E-state index contributed by atoms with van der Waals surface area (Å²) < 4.78 is 15.4. The van der Waals surface area contributed by atoms with Crippen molar-refractivity contribution in [2.75, 3.05) is 13.7 Å². The molecule has 0 bridgehead atoms. The van der Waals surface area contributed by atoms with Crippen molar-refractivity contribution in [3.8, 4) is 23.2 Å². The standard InChI is InChI=1S/C19H20N4O2/c1-13(12-24-3)23-11-10-20-18(23)16-8-9-17(25-16)19-21-14-6-4-5-7-15(14)22(19)2/h4-11,13H,12H2,1-3H3. The van der Waals surface area contributed by atoms with Gasteiger partial charge in [0.25, 0.3) is 0 Å². The number of nitrogens with zero attached hydrogens (tertiary/aromatic N) is 4. The van der Waals surface area contributed by atoms with Crippen molar-refractivity contribution in [3.63, 3.8) is 0 Å². The Balaban J connectivity index is 1.73. The number of hydrogen-bond acceptors (Lipinski definition) is 4. The van der Waals surface area contributed by atoms with Gasteiger partial charge in [-0.05, 0) is 31.2 Å². The summed E-state index contributed by atoms with van der Waals surface area (Å²) in [6.07, 6.45) is 3.72. The van der Waals surface area contributed by atoms with E-state index in [-0.39, 0.29) is 6.04 Å². The molecule has 128 valence electrons. The highest BCUT2D eigenvalue weighted by molar-refractivity contribution is 5.79. The summed E-state index contributed by atoms with van der Waals surface area (Å²) in [5, 5.41) is 0. The lowest BCUT2D eigenvalue weighted by molar-refractivity contribution is 0.162. The summed E-state index contributed by atoms with van der Waals surface area (Å²) >= 11 is 0. The van der Waals surface area contributed by atoms with Gasteiger partial charge in [-0.1, -0.05) is 12.1 Å². The van der Waals surface area contributed by atoms with Crippen LogP contribution in [0.5, 0.6) is 0 Å². The van der Waals surface area contributed by atoms with Crippen LogP contribution in [0.3, 0.4) is 0 Å². The fourth-order valence-corrected chi connectivity index (χ4v) is 3.13. The Hall–Kier alpha value is -2.86. The van der Waals surface area contributed by atoms with Gasteiger partial charge >= 0.3 is 0 Å². The second-order valence-electron chi connectivity index (χ2n) is 6.11. The van der Waals surface area contributed by atoms with Gasteiger partial charge in [0.05, 0.1) is 23.7 Å². The van der Waals surface area contributed by atoms with Gasteiger partial charge in [-0.3, -0.25) is 0 Å². The molecular formula is C19H20N4O2. The minimum absolute atomic E-state index is 0.173. The van der Waals surface area contributed by atoms with Crippen molar-refractivity contribution in [1.82, 2.24) is 19.1 Å². The Morgan fingerprint density at radius 1 is 1.12 bits per heavy atom. The maximum Gasteiger partial charge on any atom is 0.177 e. The molecule has 0 saturated heterocycles. The van der Waals surface area contributed by atoms with Crippen LogP contribution in [0.2, 0.25) is 0 Å². The second-order valence-corrected chi connectivity index (χ2v) is 6.11. The number of para-hydroxylation sites is 2. The van der Waals surface area contributed by atoms with Gasteiger partial charge in [-0.15, -0.1) is 0 Å². The first-order valence-corrected chi connectivity index (χ1v) is 8.23. The zero-order valence-corrected chi connectivity index (χ0v) is 14.5. The molecule has 0 aliphatic rings. The topological polar surface area (TPSA) is 58.0 Å². The normalized spacial score (nSPS) is 12.8. The summed E-state index contributed by atoms with van der Waals surface area (Å²) in [6, 6.07) is 12.1. The summed E-state index contributed by atoms with van der Waals surface area (Å²) in [6.45, 7) is 2.70. The van der Waals surface area contributed by atoms with E-state index >= 15 is 0 Å². The Labute approximate surface area is 145 Å². The molecule has 0 N–H and O–H groups in total. The molecule has 0 amide bonds. The molecule has 1 atom stereocenters. The second kappa shape index (κ2) is 6.22. The molecule has 0 radical (unpaired) electrons. The van der Waals surface area contributed by atoms with Crippen LogP contribution in [0, 0.1) is 0 Å². The van der Waals surface area contributed by atoms with Gasteiger partial charge in [0.15, 0.2) is 23.2 Å². The molecule has 3 heterocycles. The predicted octanol–water partition coefficient (Wildman–Crippen LogP) is 3.90.